The number of anilines is 2. The number of carbonyl (C=O) groups is 3. The Morgan fingerprint density at radius 3 is 2.42 bits per heavy atom. The molecular weight excluding hydrogens is 561 g/mol. The fraction of sp³-hybridized carbons (Fsp3) is 0.423. The topological polar surface area (TPSA) is 93.8 Å². The van der Waals surface area contributed by atoms with Gasteiger partial charge >= 0.3 is 6.18 Å². The number of alkyl halides is 3. The molecule has 0 unspecified atom stereocenters. The predicted molar refractivity (Wildman–Crippen MR) is 140 cm³/mol. The minimum Gasteiger partial charge on any atom is -0.365 e. The molecule has 0 saturated carbocycles. The van der Waals surface area contributed by atoms with Crippen molar-refractivity contribution in [2.45, 2.75) is 39.0 Å². The smallest absolute Gasteiger partial charge is 0.365 e. The van der Waals surface area contributed by atoms with Gasteiger partial charge in [0.1, 0.15) is 0 Å². The summed E-state index contributed by atoms with van der Waals surface area (Å²) >= 11 is 6.18. The highest BCUT2D eigenvalue weighted by atomic mass is 35.5. The van der Waals surface area contributed by atoms with E-state index in [0.717, 1.165) is 12.1 Å². The Kier molecular flexibility index (Phi) is 10.3. The van der Waals surface area contributed by atoms with E-state index in [2.05, 4.69) is 16.0 Å². The molecule has 2 aromatic carbocycles. The van der Waals surface area contributed by atoms with E-state index in [1.807, 2.05) is 11.8 Å². The molecule has 2 aromatic rings. The third-order valence-electron chi connectivity index (χ3n) is 6.32. The van der Waals surface area contributed by atoms with Gasteiger partial charge < -0.3 is 20.9 Å². The van der Waals surface area contributed by atoms with Crippen molar-refractivity contribution in [3.8, 4) is 0 Å². The number of piperazine rings is 1. The molecule has 1 aliphatic rings. The zero-order valence-corrected chi connectivity index (χ0v) is 22.6. The number of amides is 3. The monoisotopic (exact) mass is 589 g/mol. The third kappa shape index (κ3) is 8.52. The Labute approximate surface area is 232 Å². The van der Waals surface area contributed by atoms with Crippen molar-refractivity contribution in [3.05, 3.63) is 58.1 Å². The van der Waals surface area contributed by atoms with Crippen molar-refractivity contribution in [3.63, 3.8) is 0 Å². The molecule has 8 nitrogen and oxygen atoms in total. The van der Waals surface area contributed by atoms with Gasteiger partial charge in [-0.05, 0) is 31.2 Å². The van der Waals surface area contributed by atoms with Crippen LogP contribution in [0.2, 0.25) is 5.02 Å². The maximum absolute atomic E-state index is 14.9. The lowest BCUT2D eigenvalue weighted by atomic mass is 10.1. The standard InChI is InChI=1S/C26H29ClF5N5O3/c1-15-14-36(8-7-26(30,31)32)9-10-37(15)21-11-18(27)4-6-20(21)35-25(40)19-5-3-17(23(28)24(19)29)12-34-22(39)13-33-16(2)38/h3-6,11,15H,7-10,12-14H2,1-2H3,(H,33,38)(H,34,39)(H,35,40)/t15-/m1/s1. The number of halogens is 6. The van der Waals surface area contributed by atoms with Crippen LogP contribution in [0.4, 0.5) is 33.3 Å². The van der Waals surface area contributed by atoms with E-state index < -0.39 is 47.5 Å². The zero-order chi connectivity index (χ0) is 29.6. The van der Waals surface area contributed by atoms with Crippen LogP contribution in [0.1, 0.15) is 36.2 Å². The molecule has 0 aliphatic carbocycles. The molecule has 3 rings (SSSR count). The van der Waals surface area contributed by atoms with E-state index in [1.165, 1.54) is 19.1 Å². The first-order chi connectivity index (χ1) is 18.7. The second kappa shape index (κ2) is 13.3. The van der Waals surface area contributed by atoms with E-state index in [-0.39, 0.29) is 36.9 Å². The maximum atomic E-state index is 14.9. The molecule has 1 fully saturated rings. The van der Waals surface area contributed by atoms with Gasteiger partial charge in [0.05, 0.1) is 29.9 Å². The van der Waals surface area contributed by atoms with Crippen LogP contribution in [-0.4, -0.2) is 67.6 Å². The molecule has 0 aromatic heterocycles. The minimum absolute atomic E-state index is 0.124. The van der Waals surface area contributed by atoms with Crippen molar-refractivity contribution < 1.29 is 36.3 Å². The number of carbonyl (C=O) groups excluding carboxylic acids is 3. The summed E-state index contributed by atoms with van der Waals surface area (Å²) in [5.74, 6) is -4.69. The lowest BCUT2D eigenvalue weighted by Gasteiger charge is -2.42. The quantitative estimate of drug-likeness (QED) is 0.383. The van der Waals surface area contributed by atoms with Crippen LogP contribution in [0.5, 0.6) is 0 Å². The molecule has 1 heterocycles. The molecule has 218 valence electrons. The number of rotatable bonds is 9. The van der Waals surface area contributed by atoms with Gasteiger partial charge in [-0.1, -0.05) is 17.7 Å². The molecule has 0 bridgehead atoms. The second-order valence-corrected chi connectivity index (χ2v) is 9.85. The average Bonchev–Trinajstić information content (AvgIpc) is 2.87. The first kappa shape index (κ1) is 31.1. The van der Waals surface area contributed by atoms with E-state index >= 15 is 0 Å². The second-order valence-electron chi connectivity index (χ2n) is 9.41. The van der Waals surface area contributed by atoms with Crippen molar-refractivity contribution in [1.29, 1.82) is 0 Å². The van der Waals surface area contributed by atoms with Gasteiger partial charge in [-0.25, -0.2) is 8.78 Å². The number of hydrogen-bond donors (Lipinski definition) is 3. The first-order valence-electron chi connectivity index (χ1n) is 12.4. The van der Waals surface area contributed by atoms with Crippen LogP contribution in [0.15, 0.2) is 30.3 Å². The van der Waals surface area contributed by atoms with Gasteiger partial charge in [0.15, 0.2) is 11.6 Å². The molecule has 1 atom stereocenters. The summed E-state index contributed by atoms with van der Waals surface area (Å²) in [7, 11) is 0. The molecule has 1 saturated heterocycles. The van der Waals surface area contributed by atoms with Crippen molar-refractivity contribution in [1.82, 2.24) is 15.5 Å². The maximum Gasteiger partial charge on any atom is 0.390 e. The third-order valence-corrected chi connectivity index (χ3v) is 6.56. The van der Waals surface area contributed by atoms with E-state index in [4.69, 9.17) is 11.6 Å². The van der Waals surface area contributed by atoms with Gasteiger partial charge in [0, 0.05) is 56.3 Å². The number of hydrogen-bond acceptors (Lipinski definition) is 5. The van der Waals surface area contributed by atoms with Crippen LogP contribution < -0.4 is 20.9 Å². The minimum atomic E-state index is -4.25. The van der Waals surface area contributed by atoms with Crippen LogP contribution in [0, 0.1) is 11.6 Å². The van der Waals surface area contributed by atoms with Crippen molar-refractivity contribution >= 4 is 40.7 Å². The van der Waals surface area contributed by atoms with Crippen LogP contribution in [0.25, 0.3) is 0 Å². The number of nitrogens with zero attached hydrogens (tertiary/aromatic N) is 2. The van der Waals surface area contributed by atoms with E-state index in [0.29, 0.717) is 30.3 Å². The molecule has 0 spiro atoms. The van der Waals surface area contributed by atoms with E-state index in [1.54, 1.807) is 11.0 Å². The average molecular weight is 590 g/mol. The number of benzene rings is 2. The molecule has 3 N–H and O–H groups in total. The molecular formula is C26H29ClF5N5O3. The summed E-state index contributed by atoms with van der Waals surface area (Å²) in [6.07, 6.45) is -5.16. The van der Waals surface area contributed by atoms with Gasteiger partial charge in [0.25, 0.3) is 5.91 Å². The lowest BCUT2D eigenvalue weighted by molar-refractivity contribution is -0.138. The summed E-state index contributed by atoms with van der Waals surface area (Å²) in [6.45, 7) is 3.29. The Hall–Kier alpha value is -3.45. The summed E-state index contributed by atoms with van der Waals surface area (Å²) in [4.78, 5) is 39.2. The largest absolute Gasteiger partial charge is 0.390 e. The Bertz CT molecular complexity index is 1260. The van der Waals surface area contributed by atoms with Gasteiger partial charge in [-0.2, -0.15) is 13.2 Å². The Balaban J connectivity index is 1.71. The van der Waals surface area contributed by atoms with Crippen LogP contribution in [0.3, 0.4) is 0 Å². The molecule has 14 heteroatoms. The zero-order valence-electron chi connectivity index (χ0n) is 21.8. The molecule has 0 radical (unpaired) electrons. The normalized spacial score (nSPS) is 16.0. The Morgan fingerprint density at radius 2 is 1.77 bits per heavy atom. The fourth-order valence-electron chi connectivity index (χ4n) is 4.28. The Morgan fingerprint density at radius 1 is 1.05 bits per heavy atom. The van der Waals surface area contributed by atoms with Crippen LogP contribution >= 0.6 is 11.6 Å². The molecule has 3 amide bonds. The lowest BCUT2D eigenvalue weighted by Crippen LogP contribution is -2.52. The highest BCUT2D eigenvalue weighted by Crippen LogP contribution is 2.33. The van der Waals surface area contributed by atoms with Gasteiger partial charge in [-0.15, -0.1) is 0 Å². The first-order valence-corrected chi connectivity index (χ1v) is 12.8. The van der Waals surface area contributed by atoms with Crippen molar-refractivity contribution in [2.75, 3.05) is 42.9 Å². The highest BCUT2D eigenvalue weighted by molar-refractivity contribution is 6.31. The summed E-state index contributed by atoms with van der Waals surface area (Å²) in [5.41, 5.74) is -0.0197. The van der Waals surface area contributed by atoms with Crippen LogP contribution in [-0.2, 0) is 16.1 Å². The SMILES string of the molecule is CC(=O)NCC(=O)NCc1ccc(C(=O)Nc2ccc(Cl)cc2N2CCN(CCC(F)(F)F)C[C@H]2C)c(F)c1F. The van der Waals surface area contributed by atoms with E-state index in [9.17, 15) is 36.3 Å². The molecule has 1 aliphatic heterocycles. The summed E-state index contributed by atoms with van der Waals surface area (Å²) in [5, 5.41) is 7.54. The highest BCUT2D eigenvalue weighted by Gasteiger charge is 2.31. The molecule has 40 heavy (non-hydrogen) atoms. The summed E-state index contributed by atoms with van der Waals surface area (Å²) in [6, 6.07) is 6.62. The van der Waals surface area contributed by atoms with Gasteiger partial charge in [-0.3, -0.25) is 19.3 Å². The summed E-state index contributed by atoms with van der Waals surface area (Å²) < 4.78 is 67.5. The fourth-order valence-corrected chi connectivity index (χ4v) is 4.45. The van der Waals surface area contributed by atoms with Gasteiger partial charge in [0.2, 0.25) is 11.8 Å². The predicted octanol–water partition coefficient (Wildman–Crippen LogP) is 4.09. The van der Waals surface area contributed by atoms with Crippen molar-refractivity contribution in [2.24, 2.45) is 0 Å². The number of nitrogens with one attached hydrogen (secondary N) is 3.